The van der Waals surface area contributed by atoms with Crippen molar-refractivity contribution < 1.29 is 17.5 Å². The molecule has 1 rings (SSSR count). The lowest BCUT2D eigenvalue weighted by molar-refractivity contribution is 0.381. The topological polar surface area (TPSA) is 101 Å². The molecule has 0 bridgehead atoms. The van der Waals surface area contributed by atoms with Crippen LogP contribution in [0.5, 0.6) is 0 Å². The first-order chi connectivity index (χ1) is 6.20. The molecular weight excluding hydrogens is 230 g/mol. The van der Waals surface area contributed by atoms with Gasteiger partial charge in [-0.2, -0.15) is 8.42 Å². The van der Waals surface area contributed by atoms with Crippen LogP contribution in [0, 0.1) is 6.92 Å². The van der Waals surface area contributed by atoms with Gasteiger partial charge in [0.2, 0.25) is 0 Å². The molecule has 0 atom stereocenters. The molecule has 0 aliphatic rings. The van der Waals surface area contributed by atoms with Gasteiger partial charge in [0.05, 0.1) is 0 Å². The maximum Gasteiger partial charge on any atom is 0.394 e. The van der Waals surface area contributed by atoms with E-state index in [4.69, 9.17) is 34.9 Å². The van der Waals surface area contributed by atoms with Crippen molar-refractivity contribution in [2.24, 2.45) is 0 Å². The molecule has 1 aromatic carbocycles. The molecule has 0 unspecified atom stereocenters. The summed E-state index contributed by atoms with van der Waals surface area (Å²) in [6, 6.07) is 5.48. The minimum atomic E-state index is -4.67. The quantitative estimate of drug-likeness (QED) is 0.471. The van der Waals surface area contributed by atoms with Gasteiger partial charge in [0, 0.05) is 10.7 Å². The van der Waals surface area contributed by atoms with Gasteiger partial charge in [-0.3, -0.25) is 9.11 Å². The fraction of sp³-hybridized carbons (Fsp3) is 0.143. The average molecular weight is 240 g/mol. The third-order valence-corrected chi connectivity index (χ3v) is 1.60. The molecule has 5 nitrogen and oxygen atoms in total. The van der Waals surface area contributed by atoms with Gasteiger partial charge in [-0.05, 0) is 24.6 Å². The second kappa shape index (κ2) is 5.16. The molecule has 0 aliphatic heterocycles. The molecule has 0 saturated carbocycles. The Morgan fingerprint density at radius 1 is 1.36 bits per heavy atom. The zero-order valence-corrected chi connectivity index (χ0v) is 8.88. The summed E-state index contributed by atoms with van der Waals surface area (Å²) in [6.07, 6.45) is 0. The number of halogens is 1. The smallest absolute Gasteiger partial charge is 0.394 e. The third kappa shape index (κ3) is 7.81. The minimum absolute atomic E-state index is 0.714. The van der Waals surface area contributed by atoms with Crippen LogP contribution in [-0.4, -0.2) is 17.5 Å². The molecular formula is C7H10ClNO4S. The highest BCUT2D eigenvalue weighted by atomic mass is 35.5. The van der Waals surface area contributed by atoms with Gasteiger partial charge >= 0.3 is 10.4 Å². The van der Waals surface area contributed by atoms with E-state index in [2.05, 4.69) is 0 Å². The lowest BCUT2D eigenvalue weighted by Crippen LogP contribution is -1.89. The Morgan fingerprint density at radius 2 is 1.79 bits per heavy atom. The number of hydrogen-bond acceptors (Lipinski definition) is 3. The summed E-state index contributed by atoms with van der Waals surface area (Å²) in [7, 11) is -4.67. The third-order valence-electron chi connectivity index (χ3n) is 1.20. The van der Waals surface area contributed by atoms with E-state index in [0.29, 0.717) is 5.69 Å². The molecule has 0 radical (unpaired) electrons. The van der Waals surface area contributed by atoms with E-state index >= 15 is 0 Å². The molecule has 0 spiro atoms. The zero-order valence-electron chi connectivity index (χ0n) is 7.31. The standard InChI is InChI=1S/C7H8ClN.H2O4S/c1-5-2-3-6(9)4-7(5)8;1-5(2,3)4/h2-4H,9H2,1H3;(H2,1,2,3,4). The van der Waals surface area contributed by atoms with E-state index < -0.39 is 10.4 Å². The predicted octanol–water partition coefficient (Wildman–Crippen LogP) is 1.58. The highest BCUT2D eigenvalue weighted by molar-refractivity contribution is 7.79. The number of rotatable bonds is 0. The summed E-state index contributed by atoms with van der Waals surface area (Å²) in [5.41, 5.74) is 7.22. The van der Waals surface area contributed by atoms with E-state index in [1.165, 1.54) is 0 Å². The predicted molar refractivity (Wildman–Crippen MR) is 54.8 cm³/mol. The van der Waals surface area contributed by atoms with E-state index in [1.807, 2.05) is 19.1 Å². The Morgan fingerprint density at radius 3 is 2.07 bits per heavy atom. The molecule has 0 amide bonds. The van der Waals surface area contributed by atoms with Crippen molar-refractivity contribution in [3.8, 4) is 0 Å². The van der Waals surface area contributed by atoms with Crippen LogP contribution in [0.1, 0.15) is 5.56 Å². The molecule has 4 N–H and O–H groups in total. The second-order valence-corrected chi connectivity index (χ2v) is 3.76. The second-order valence-electron chi connectivity index (χ2n) is 2.46. The molecule has 0 aromatic heterocycles. The maximum absolute atomic E-state index is 8.74. The lowest BCUT2D eigenvalue weighted by atomic mass is 10.2. The fourth-order valence-electron chi connectivity index (χ4n) is 0.609. The van der Waals surface area contributed by atoms with Crippen molar-refractivity contribution >= 4 is 27.7 Å². The van der Waals surface area contributed by atoms with E-state index in [1.54, 1.807) is 6.07 Å². The molecule has 14 heavy (non-hydrogen) atoms. The summed E-state index contributed by atoms with van der Waals surface area (Å²) in [5.74, 6) is 0. The first-order valence-corrected chi connectivity index (χ1v) is 5.19. The molecule has 80 valence electrons. The number of nitrogens with two attached hydrogens (primary N) is 1. The Kier molecular flexibility index (Phi) is 4.86. The lowest BCUT2D eigenvalue weighted by Gasteiger charge is -1.96. The van der Waals surface area contributed by atoms with Crippen molar-refractivity contribution in [3.63, 3.8) is 0 Å². The van der Waals surface area contributed by atoms with Crippen LogP contribution in [0.25, 0.3) is 0 Å². The number of benzene rings is 1. The van der Waals surface area contributed by atoms with E-state index in [-0.39, 0.29) is 0 Å². The zero-order chi connectivity index (χ0) is 11.4. The summed E-state index contributed by atoms with van der Waals surface area (Å²) in [5, 5.41) is 0.731. The van der Waals surface area contributed by atoms with Crippen LogP contribution in [0.3, 0.4) is 0 Å². The molecule has 0 aliphatic carbocycles. The van der Waals surface area contributed by atoms with Gasteiger partial charge in [0.1, 0.15) is 0 Å². The van der Waals surface area contributed by atoms with Crippen molar-refractivity contribution in [2.45, 2.75) is 6.92 Å². The highest BCUT2D eigenvalue weighted by Gasteiger charge is 1.91. The number of hydrogen-bond donors (Lipinski definition) is 3. The van der Waals surface area contributed by atoms with Crippen LogP contribution >= 0.6 is 11.6 Å². The maximum atomic E-state index is 8.74. The number of aryl methyl sites for hydroxylation is 1. The van der Waals surface area contributed by atoms with Crippen LogP contribution < -0.4 is 5.73 Å². The summed E-state index contributed by atoms with van der Waals surface area (Å²) >= 11 is 5.73. The van der Waals surface area contributed by atoms with Crippen LogP contribution in [0.15, 0.2) is 18.2 Å². The largest absolute Gasteiger partial charge is 0.399 e. The fourth-order valence-corrected chi connectivity index (χ4v) is 0.798. The average Bonchev–Trinajstić information content (AvgIpc) is 1.94. The minimum Gasteiger partial charge on any atom is -0.399 e. The Balaban J connectivity index is 0.000000292. The summed E-state index contributed by atoms with van der Waals surface area (Å²) < 4.78 is 31.6. The Bertz CT molecular complexity index is 396. The van der Waals surface area contributed by atoms with Gasteiger partial charge in [0.15, 0.2) is 0 Å². The Hall–Kier alpha value is -0.820. The van der Waals surface area contributed by atoms with Crippen LogP contribution in [0.2, 0.25) is 5.02 Å². The first kappa shape index (κ1) is 13.2. The van der Waals surface area contributed by atoms with Crippen molar-refractivity contribution in [2.75, 3.05) is 5.73 Å². The van der Waals surface area contributed by atoms with Crippen molar-refractivity contribution in [3.05, 3.63) is 28.8 Å². The molecule has 0 saturated heterocycles. The van der Waals surface area contributed by atoms with Gasteiger partial charge in [-0.15, -0.1) is 0 Å². The van der Waals surface area contributed by atoms with Crippen LogP contribution in [0.4, 0.5) is 5.69 Å². The van der Waals surface area contributed by atoms with Crippen LogP contribution in [-0.2, 0) is 10.4 Å². The first-order valence-electron chi connectivity index (χ1n) is 3.41. The molecule has 0 heterocycles. The molecule has 1 aromatic rings. The number of anilines is 1. The number of nitrogen functional groups attached to an aromatic ring is 1. The highest BCUT2D eigenvalue weighted by Crippen LogP contribution is 2.17. The normalized spacial score (nSPS) is 10.3. The molecule has 0 fully saturated rings. The van der Waals surface area contributed by atoms with Gasteiger partial charge in [-0.1, -0.05) is 17.7 Å². The van der Waals surface area contributed by atoms with E-state index in [0.717, 1.165) is 10.6 Å². The monoisotopic (exact) mass is 239 g/mol. The summed E-state index contributed by atoms with van der Waals surface area (Å²) in [6.45, 7) is 1.95. The SMILES string of the molecule is Cc1ccc(N)cc1Cl.O=S(=O)(O)O. The Labute approximate surface area is 87.1 Å². The summed E-state index contributed by atoms with van der Waals surface area (Å²) in [4.78, 5) is 0. The van der Waals surface area contributed by atoms with Gasteiger partial charge in [-0.25, -0.2) is 0 Å². The van der Waals surface area contributed by atoms with Gasteiger partial charge in [0.25, 0.3) is 0 Å². The van der Waals surface area contributed by atoms with Crippen molar-refractivity contribution in [1.82, 2.24) is 0 Å². The molecule has 7 heteroatoms. The van der Waals surface area contributed by atoms with Gasteiger partial charge < -0.3 is 5.73 Å². The van der Waals surface area contributed by atoms with Crippen molar-refractivity contribution in [1.29, 1.82) is 0 Å². The van der Waals surface area contributed by atoms with E-state index in [9.17, 15) is 0 Å².